The van der Waals surface area contributed by atoms with Gasteiger partial charge in [0.05, 0.1) is 25.0 Å². The molecule has 0 atom stereocenters. The number of aromatic carboxylic acids is 1. The van der Waals surface area contributed by atoms with Gasteiger partial charge in [0.2, 0.25) is 0 Å². The van der Waals surface area contributed by atoms with E-state index in [1.807, 2.05) is 0 Å². The maximum atomic E-state index is 11.7. The Hall–Kier alpha value is -2.83. The number of aromatic nitrogens is 2. The molecular weight excluding hydrogens is 288 g/mol. The number of carboxylic acids is 1. The summed E-state index contributed by atoms with van der Waals surface area (Å²) in [4.78, 5) is 23.2. The SMILES string of the molecule is CCOC(=O)c1cc(C)n(-c2ccc(OC)cc2C(=O)O)n1. The Kier molecular flexibility index (Phi) is 4.45. The number of methoxy groups -OCH3 is 1. The molecule has 7 nitrogen and oxygen atoms in total. The van der Waals surface area contributed by atoms with Gasteiger partial charge in [0.1, 0.15) is 5.75 Å². The van der Waals surface area contributed by atoms with Crippen molar-refractivity contribution in [2.24, 2.45) is 0 Å². The van der Waals surface area contributed by atoms with Crippen molar-refractivity contribution >= 4 is 11.9 Å². The van der Waals surface area contributed by atoms with E-state index in [1.165, 1.54) is 17.9 Å². The largest absolute Gasteiger partial charge is 0.497 e. The molecule has 0 saturated heterocycles. The van der Waals surface area contributed by atoms with Gasteiger partial charge >= 0.3 is 11.9 Å². The predicted molar refractivity (Wildman–Crippen MR) is 77.8 cm³/mol. The average molecular weight is 304 g/mol. The minimum Gasteiger partial charge on any atom is -0.497 e. The second-order valence-electron chi connectivity index (χ2n) is 4.49. The lowest BCUT2D eigenvalue weighted by Crippen LogP contribution is -2.10. The highest BCUT2D eigenvalue weighted by Gasteiger charge is 2.19. The number of aryl methyl sites for hydroxylation is 1. The van der Waals surface area contributed by atoms with Crippen LogP contribution in [0.15, 0.2) is 24.3 Å². The molecule has 0 aliphatic carbocycles. The number of esters is 1. The van der Waals surface area contributed by atoms with Gasteiger partial charge in [-0.05, 0) is 38.1 Å². The molecule has 1 aromatic carbocycles. The molecule has 0 saturated carbocycles. The van der Waals surface area contributed by atoms with Crippen molar-refractivity contribution in [3.05, 3.63) is 41.2 Å². The van der Waals surface area contributed by atoms with E-state index in [-0.39, 0.29) is 17.9 Å². The lowest BCUT2D eigenvalue weighted by molar-refractivity contribution is 0.0518. The zero-order valence-corrected chi connectivity index (χ0v) is 12.5. The van der Waals surface area contributed by atoms with Crippen LogP contribution >= 0.6 is 0 Å². The number of carbonyl (C=O) groups excluding carboxylic acids is 1. The van der Waals surface area contributed by atoms with Crippen LogP contribution in [0.4, 0.5) is 0 Å². The molecule has 0 radical (unpaired) electrons. The Labute approximate surface area is 127 Å². The van der Waals surface area contributed by atoms with Crippen LogP contribution in [0.3, 0.4) is 0 Å². The molecule has 2 rings (SSSR count). The molecule has 0 spiro atoms. The fraction of sp³-hybridized carbons (Fsp3) is 0.267. The number of nitrogens with zero attached hydrogens (tertiary/aromatic N) is 2. The summed E-state index contributed by atoms with van der Waals surface area (Å²) < 4.78 is 11.3. The van der Waals surface area contributed by atoms with Crippen LogP contribution in [0.5, 0.6) is 5.75 Å². The highest BCUT2D eigenvalue weighted by molar-refractivity contribution is 5.93. The van der Waals surface area contributed by atoms with Gasteiger partial charge in [0.15, 0.2) is 5.69 Å². The van der Waals surface area contributed by atoms with E-state index in [1.54, 1.807) is 32.0 Å². The second kappa shape index (κ2) is 6.30. The summed E-state index contributed by atoms with van der Waals surface area (Å²) >= 11 is 0. The topological polar surface area (TPSA) is 90.7 Å². The molecule has 0 aliphatic rings. The van der Waals surface area contributed by atoms with Gasteiger partial charge in [0, 0.05) is 5.69 Å². The maximum absolute atomic E-state index is 11.7. The van der Waals surface area contributed by atoms with E-state index >= 15 is 0 Å². The van der Waals surface area contributed by atoms with Crippen molar-refractivity contribution < 1.29 is 24.2 Å². The van der Waals surface area contributed by atoms with Crippen molar-refractivity contribution in [1.29, 1.82) is 0 Å². The number of ether oxygens (including phenoxy) is 2. The monoisotopic (exact) mass is 304 g/mol. The summed E-state index contributed by atoms with van der Waals surface area (Å²) in [5.74, 6) is -1.23. The molecule has 0 amide bonds. The molecule has 0 bridgehead atoms. The second-order valence-corrected chi connectivity index (χ2v) is 4.49. The van der Waals surface area contributed by atoms with Gasteiger partial charge in [0.25, 0.3) is 0 Å². The lowest BCUT2D eigenvalue weighted by atomic mass is 10.1. The summed E-state index contributed by atoms with van der Waals surface area (Å²) in [5.41, 5.74) is 1.13. The quantitative estimate of drug-likeness (QED) is 0.850. The van der Waals surface area contributed by atoms with Crippen LogP contribution in [0.25, 0.3) is 5.69 Å². The fourth-order valence-electron chi connectivity index (χ4n) is 2.02. The molecule has 1 aromatic heterocycles. The number of carboxylic acid groups (broad SMARTS) is 1. The van der Waals surface area contributed by atoms with Crippen molar-refractivity contribution in [2.45, 2.75) is 13.8 Å². The Morgan fingerprint density at radius 1 is 1.32 bits per heavy atom. The Balaban J connectivity index is 2.52. The number of carbonyl (C=O) groups is 2. The first-order chi connectivity index (χ1) is 10.5. The summed E-state index contributed by atoms with van der Waals surface area (Å²) in [5, 5.41) is 13.5. The molecule has 1 heterocycles. The van der Waals surface area contributed by atoms with Crippen LogP contribution in [0, 0.1) is 6.92 Å². The summed E-state index contributed by atoms with van der Waals surface area (Å²) in [6, 6.07) is 6.17. The minimum absolute atomic E-state index is 0.0287. The normalized spacial score (nSPS) is 10.3. The van der Waals surface area contributed by atoms with E-state index in [0.717, 1.165) is 0 Å². The molecule has 116 valence electrons. The molecular formula is C15H16N2O5. The van der Waals surface area contributed by atoms with Gasteiger partial charge in [-0.1, -0.05) is 0 Å². The predicted octanol–water partition coefficient (Wildman–Crippen LogP) is 2.06. The first kappa shape index (κ1) is 15.6. The third kappa shape index (κ3) is 2.93. The van der Waals surface area contributed by atoms with Crippen LogP contribution < -0.4 is 4.74 Å². The molecule has 0 fully saturated rings. The van der Waals surface area contributed by atoms with E-state index in [4.69, 9.17) is 9.47 Å². The molecule has 0 aliphatic heterocycles. The van der Waals surface area contributed by atoms with Crippen molar-refractivity contribution in [3.8, 4) is 11.4 Å². The molecule has 7 heteroatoms. The zero-order chi connectivity index (χ0) is 16.3. The fourth-order valence-corrected chi connectivity index (χ4v) is 2.02. The van der Waals surface area contributed by atoms with Crippen LogP contribution in [0.2, 0.25) is 0 Å². The van der Waals surface area contributed by atoms with Crippen LogP contribution in [0.1, 0.15) is 33.5 Å². The minimum atomic E-state index is -1.11. The summed E-state index contributed by atoms with van der Waals surface area (Å²) in [6.07, 6.45) is 0. The van der Waals surface area contributed by atoms with Gasteiger partial charge in [-0.3, -0.25) is 0 Å². The first-order valence-corrected chi connectivity index (χ1v) is 6.63. The standard InChI is InChI=1S/C15H16N2O5/c1-4-22-15(20)12-7-9(2)17(16-12)13-6-5-10(21-3)8-11(13)14(18)19/h5-8H,4H2,1-3H3,(H,18,19). The molecule has 22 heavy (non-hydrogen) atoms. The van der Waals surface area contributed by atoms with Crippen LogP contribution in [-0.4, -0.2) is 40.5 Å². The van der Waals surface area contributed by atoms with Gasteiger partial charge in [-0.15, -0.1) is 0 Å². The first-order valence-electron chi connectivity index (χ1n) is 6.63. The van der Waals surface area contributed by atoms with Crippen molar-refractivity contribution in [1.82, 2.24) is 9.78 Å². The highest BCUT2D eigenvalue weighted by Crippen LogP contribution is 2.22. The third-order valence-electron chi connectivity index (χ3n) is 3.03. The van der Waals surface area contributed by atoms with Gasteiger partial charge in [-0.25, -0.2) is 14.3 Å². The number of rotatable bonds is 5. The smallest absolute Gasteiger partial charge is 0.358 e. The van der Waals surface area contributed by atoms with Crippen molar-refractivity contribution in [2.75, 3.05) is 13.7 Å². The Bertz CT molecular complexity index is 721. The number of benzene rings is 1. The van der Waals surface area contributed by atoms with Crippen LogP contribution in [-0.2, 0) is 4.74 Å². The summed E-state index contributed by atoms with van der Waals surface area (Å²) in [7, 11) is 1.46. The molecule has 0 unspecified atom stereocenters. The molecule has 1 N–H and O–H groups in total. The summed E-state index contributed by atoms with van der Waals surface area (Å²) in [6.45, 7) is 3.67. The average Bonchev–Trinajstić information content (AvgIpc) is 2.88. The Morgan fingerprint density at radius 3 is 2.64 bits per heavy atom. The number of hydrogen-bond donors (Lipinski definition) is 1. The van der Waals surface area contributed by atoms with Crippen molar-refractivity contribution in [3.63, 3.8) is 0 Å². The van der Waals surface area contributed by atoms with E-state index in [2.05, 4.69) is 5.10 Å². The van der Waals surface area contributed by atoms with E-state index < -0.39 is 11.9 Å². The third-order valence-corrected chi connectivity index (χ3v) is 3.03. The van der Waals surface area contributed by atoms with E-state index in [0.29, 0.717) is 17.1 Å². The van der Waals surface area contributed by atoms with Gasteiger partial charge in [-0.2, -0.15) is 5.10 Å². The lowest BCUT2D eigenvalue weighted by Gasteiger charge is -2.10. The number of hydrogen-bond acceptors (Lipinski definition) is 5. The Morgan fingerprint density at radius 2 is 2.05 bits per heavy atom. The van der Waals surface area contributed by atoms with Gasteiger partial charge < -0.3 is 14.6 Å². The molecule has 2 aromatic rings. The van der Waals surface area contributed by atoms with E-state index in [9.17, 15) is 14.7 Å². The highest BCUT2D eigenvalue weighted by atomic mass is 16.5. The maximum Gasteiger partial charge on any atom is 0.358 e. The zero-order valence-electron chi connectivity index (χ0n) is 12.5.